The minimum atomic E-state index is -0.687. The number of rotatable bonds is 6. The van der Waals surface area contributed by atoms with Gasteiger partial charge in [-0.15, -0.1) is 0 Å². The monoisotopic (exact) mass is 594 g/mol. The van der Waals surface area contributed by atoms with Gasteiger partial charge in [-0.1, -0.05) is 74.9 Å². The minimum absolute atomic E-state index is 0.0322. The summed E-state index contributed by atoms with van der Waals surface area (Å²) in [5.74, 6) is -0.239. The summed E-state index contributed by atoms with van der Waals surface area (Å²) < 4.78 is 0. The van der Waals surface area contributed by atoms with E-state index in [4.69, 9.17) is 0 Å². The van der Waals surface area contributed by atoms with E-state index < -0.39 is 11.1 Å². The number of imide groups is 2. The van der Waals surface area contributed by atoms with E-state index in [0.29, 0.717) is 17.5 Å². The Morgan fingerprint density at radius 1 is 0.523 bits per heavy atom. The Kier molecular flexibility index (Phi) is 7.96. The highest BCUT2D eigenvalue weighted by Crippen LogP contribution is 2.62. The Morgan fingerprint density at radius 2 is 0.886 bits per heavy atom. The van der Waals surface area contributed by atoms with Crippen LogP contribution in [0.3, 0.4) is 0 Å². The van der Waals surface area contributed by atoms with Crippen molar-refractivity contribution in [2.75, 3.05) is 0 Å². The summed E-state index contributed by atoms with van der Waals surface area (Å²) in [6, 6.07) is 18.5. The van der Waals surface area contributed by atoms with Crippen molar-refractivity contribution < 1.29 is 19.2 Å². The number of carbonyl (C=O) groups excluding carboxylic acids is 4. The van der Waals surface area contributed by atoms with Crippen molar-refractivity contribution in [3.05, 3.63) is 71.8 Å². The van der Waals surface area contributed by atoms with Gasteiger partial charge in [0.25, 0.3) is 11.8 Å². The average Bonchev–Trinajstić information content (AvgIpc) is 3.05. The molecule has 44 heavy (non-hydrogen) atoms. The van der Waals surface area contributed by atoms with Crippen LogP contribution in [0.25, 0.3) is 0 Å². The summed E-state index contributed by atoms with van der Waals surface area (Å²) in [4.78, 5) is 61.6. The van der Waals surface area contributed by atoms with Crippen molar-refractivity contribution in [1.82, 2.24) is 9.80 Å². The molecule has 6 nitrogen and oxygen atoms in total. The summed E-state index contributed by atoms with van der Waals surface area (Å²) in [5.41, 5.74) is -0.296. The molecule has 6 aliphatic carbocycles. The number of benzene rings is 2. The zero-order valence-electron chi connectivity index (χ0n) is 25.9. The lowest BCUT2D eigenvalue weighted by atomic mass is 9.48. The number of carbonyl (C=O) groups is 4. The third-order valence-corrected chi connectivity index (χ3v) is 11.7. The van der Waals surface area contributed by atoms with Crippen molar-refractivity contribution >= 4 is 23.6 Å². The zero-order valence-corrected chi connectivity index (χ0v) is 25.9. The van der Waals surface area contributed by atoms with Gasteiger partial charge in [0.15, 0.2) is 0 Å². The van der Waals surface area contributed by atoms with Gasteiger partial charge in [-0.05, 0) is 100 Å². The molecule has 0 aromatic heterocycles. The summed E-state index contributed by atoms with van der Waals surface area (Å²) in [5, 5.41) is 0. The predicted octanol–water partition coefficient (Wildman–Crippen LogP) is 7.58. The first-order chi connectivity index (χ1) is 21.4. The van der Waals surface area contributed by atoms with Crippen LogP contribution in [0.4, 0.5) is 0 Å². The largest absolute Gasteiger partial charge is 0.274 e. The molecule has 0 saturated heterocycles. The number of nitrogens with zero attached hydrogens (tertiary/aromatic N) is 2. The molecule has 4 amide bonds. The zero-order chi connectivity index (χ0) is 30.3. The minimum Gasteiger partial charge on any atom is -0.274 e. The standard InChI is InChI=1S/C38H46N2O4/c41-33(29-13-5-1-6-14-29)39(34(42)30-15-7-2-8-16-30)37-22-27-21-28(23-37)25-38(24-27,26-37)40(35(43)31-17-9-3-10-18-31)36(44)32-19-11-4-12-20-32/h1,3,5-6,9-10,13-14,17-18,27-28,30,32H,2,4,7-8,11-12,15-16,19-26H2. The van der Waals surface area contributed by atoms with Crippen LogP contribution < -0.4 is 0 Å². The maximum atomic E-state index is 14.6. The molecule has 0 spiro atoms. The molecule has 2 aromatic rings. The molecule has 0 aliphatic heterocycles. The van der Waals surface area contributed by atoms with Crippen molar-refractivity contribution in [3.63, 3.8) is 0 Å². The predicted molar refractivity (Wildman–Crippen MR) is 169 cm³/mol. The van der Waals surface area contributed by atoms with Crippen LogP contribution in [0.15, 0.2) is 60.7 Å². The van der Waals surface area contributed by atoms with E-state index in [9.17, 15) is 19.2 Å². The molecule has 232 valence electrons. The van der Waals surface area contributed by atoms with Crippen LogP contribution >= 0.6 is 0 Å². The smallest absolute Gasteiger partial charge is 0.260 e. The van der Waals surface area contributed by atoms with E-state index in [-0.39, 0.29) is 47.3 Å². The van der Waals surface area contributed by atoms with Crippen LogP contribution in [0.1, 0.15) is 123 Å². The molecule has 6 fully saturated rings. The van der Waals surface area contributed by atoms with Gasteiger partial charge in [-0.3, -0.25) is 29.0 Å². The Hall–Kier alpha value is -3.28. The first kappa shape index (κ1) is 29.4. The highest BCUT2D eigenvalue weighted by atomic mass is 16.2. The summed E-state index contributed by atoms with van der Waals surface area (Å²) >= 11 is 0. The van der Waals surface area contributed by atoms with Gasteiger partial charge < -0.3 is 0 Å². The molecule has 0 heterocycles. The molecule has 6 aliphatic rings. The summed E-state index contributed by atoms with van der Waals surface area (Å²) in [6.07, 6.45) is 14.2. The van der Waals surface area contributed by atoms with E-state index in [2.05, 4.69) is 0 Å². The highest BCUT2D eigenvalue weighted by molar-refractivity contribution is 6.07. The second-order valence-corrected chi connectivity index (χ2v) is 14.8. The van der Waals surface area contributed by atoms with Gasteiger partial charge in [-0.2, -0.15) is 0 Å². The van der Waals surface area contributed by atoms with E-state index in [0.717, 1.165) is 96.3 Å². The first-order valence-electron chi connectivity index (χ1n) is 17.3. The fourth-order valence-electron chi connectivity index (χ4n) is 10.3. The first-order valence-corrected chi connectivity index (χ1v) is 17.3. The van der Waals surface area contributed by atoms with Gasteiger partial charge >= 0.3 is 0 Å². The lowest BCUT2D eigenvalue weighted by molar-refractivity contribution is -0.167. The van der Waals surface area contributed by atoms with E-state index >= 15 is 0 Å². The Labute approximate surface area is 261 Å². The normalized spacial score (nSPS) is 30.1. The Morgan fingerprint density at radius 3 is 1.25 bits per heavy atom. The van der Waals surface area contributed by atoms with Gasteiger partial charge in [0, 0.05) is 23.0 Å². The van der Waals surface area contributed by atoms with Gasteiger partial charge in [0.1, 0.15) is 0 Å². The maximum absolute atomic E-state index is 14.6. The average molecular weight is 595 g/mol. The third kappa shape index (κ3) is 5.22. The Bertz CT molecular complexity index is 1270. The second-order valence-electron chi connectivity index (χ2n) is 14.8. The van der Waals surface area contributed by atoms with Crippen LogP contribution in [-0.4, -0.2) is 44.5 Å². The molecule has 8 rings (SSSR count). The van der Waals surface area contributed by atoms with Gasteiger partial charge in [-0.25, -0.2) is 0 Å². The molecule has 0 atom stereocenters. The third-order valence-electron chi connectivity index (χ3n) is 11.7. The summed E-state index contributed by atoms with van der Waals surface area (Å²) in [7, 11) is 0. The molecular formula is C38H46N2O4. The highest BCUT2D eigenvalue weighted by Gasteiger charge is 2.65. The fraction of sp³-hybridized carbons (Fsp3) is 0.579. The molecule has 0 radical (unpaired) electrons. The Balaban J connectivity index is 1.32. The topological polar surface area (TPSA) is 74.8 Å². The van der Waals surface area contributed by atoms with E-state index in [1.54, 1.807) is 9.80 Å². The lowest BCUT2D eigenvalue weighted by Gasteiger charge is -2.66. The second kappa shape index (κ2) is 11.9. The fourth-order valence-corrected chi connectivity index (χ4v) is 10.3. The summed E-state index contributed by atoms with van der Waals surface area (Å²) in [6.45, 7) is 0. The SMILES string of the molecule is O=C(c1ccccc1)N(C(=O)C1CCCCC1)C12CC3CC(C1)CC(N(C(=O)c1ccccc1)C(=O)C1CCCCC1)(C3)C2. The molecule has 2 aromatic carbocycles. The quantitative estimate of drug-likeness (QED) is 0.323. The molecule has 6 heteroatoms. The van der Waals surface area contributed by atoms with Gasteiger partial charge in [0.05, 0.1) is 11.1 Å². The van der Waals surface area contributed by atoms with Crippen LogP contribution in [-0.2, 0) is 9.59 Å². The maximum Gasteiger partial charge on any atom is 0.260 e. The van der Waals surface area contributed by atoms with Crippen molar-refractivity contribution in [2.45, 2.75) is 114 Å². The molecule has 0 N–H and O–H groups in total. The lowest BCUT2D eigenvalue weighted by Crippen LogP contribution is -2.73. The molecule has 6 saturated carbocycles. The number of hydrogen-bond donors (Lipinski definition) is 0. The van der Waals surface area contributed by atoms with Crippen LogP contribution in [0.2, 0.25) is 0 Å². The molecule has 0 unspecified atom stereocenters. The number of hydrogen-bond acceptors (Lipinski definition) is 4. The van der Waals surface area contributed by atoms with E-state index in [1.807, 2.05) is 60.7 Å². The molecule has 4 bridgehead atoms. The number of amides is 4. The van der Waals surface area contributed by atoms with E-state index in [1.165, 1.54) is 0 Å². The van der Waals surface area contributed by atoms with Crippen molar-refractivity contribution in [2.24, 2.45) is 23.7 Å². The van der Waals surface area contributed by atoms with Crippen molar-refractivity contribution in [3.8, 4) is 0 Å². The van der Waals surface area contributed by atoms with Crippen LogP contribution in [0.5, 0.6) is 0 Å². The molecular weight excluding hydrogens is 548 g/mol. The van der Waals surface area contributed by atoms with Crippen LogP contribution in [0, 0.1) is 23.7 Å². The van der Waals surface area contributed by atoms with Gasteiger partial charge in [0.2, 0.25) is 11.8 Å². The van der Waals surface area contributed by atoms with Crippen molar-refractivity contribution in [1.29, 1.82) is 0 Å².